The van der Waals surface area contributed by atoms with E-state index in [-0.39, 0.29) is 28.7 Å². The van der Waals surface area contributed by atoms with Crippen molar-refractivity contribution in [2.45, 2.75) is 58.4 Å². The first-order valence-corrected chi connectivity index (χ1v) is 10.1. The van der Waals surface area contributed by atoms with Crippen molar-refractivity contribution in [3.05, 3.63) is 0 Å². The van der Waals surface area contributed by atoms with E-state index in [1.807, 2.05) is 0 Å². The summed E-state index contributed by atoms with van der Waals surface area (Å²) in [6, 6.07) is 0.327. The molecule has 4 atom stereocenters. The summed E-state index contributed by atoms with van der Waals surface area (Å²) in [6.45, 7) is 4.56. The Bertz CT molecular complexity index is 514. The highest BCUT2D eigenvalue weighted by Gasteiger charge is 2.59. The van der Waals surface area contributed by atoms with Crippen molar-refractivity contribution in [2.75, 3.05) is 11.5 Å². The molecule has 21 heavy (non-hydrogen) atoms. The molecule has 0 bridgehead atoms. The lowest BCUT2D eigenvalue weighted by atomic mass is 9.79. The average molecular weight is 313 g/mol. The van der Waals surface area contributed by atoms with Gasteiger partial charge in [0.15, 0.2) is 0 Å². The van der Waals surface area contributed by atoms with E-state index < -0.39 is 9.84 Å². The molecule has 0 radical (unpaired) electrons. The zero-order valence-electron chi connectivity index (χ0n) is 13.1. The number of rotatable bonds is 2. The van der Waals surface area contributed by atoms with Crippen LogP contribution in [-0.4, -0.2) is 31.9 Å². The van der Waals surface area contributed by atoms with E-state index in [4.69, 9.17) is 0 Å². The summed E-state index contributed by atoms with van der Waals surface area (Å²) in [5.74, 6) is 2.23. The molecule has 4 nitrogen and oxygen atoms in total. The number of nitrogens with one attached hydrogen (secondary N) is 1. The van der Waals surface area contributed by atoms with Crippen LogP contribution >= 0.6 is 0 Å². The summed E-state index contributed by atoms with van der Waals surface area (Å²) in [4.78, 5) is 12.4. The normalized spacial score (nSPS) is 40.7. The van der Waals surface area contributed by atoms with Crippen molar-refractivity contribution in [1.29, 1.82) is 0 Å². The molecule has 1 spiro atoms. The van der Waals surface area contributed by atoms with E-state index in [1.54, 1.807) is 0 Å². The van der Waals surface area contributed by atoms with Gasteiger partial charge >= 0.3 is 0 Å². The van der Waals surface area contributed by atoms with Crippen LogP contribution in [0.5, 0.6) is 0 Å². The van der Waals surface area contributed by atoms with Gasteiger partial charge in [-0.2, -0.15) is 0 Å². The summed E-state index contributed by atoms with van der Waals surface area (Å²) >= 11 is 0. The maximum Gasteiger partial charge on any atom is 0.223 e. The van der Waals surface area contributed by atoms with Crippen molar-refractivity contribution in [1.82, 2.24) is 5.32 Å². The molecule has 1 saturated heterocycles. The predicted octanol–water partition coefficient (Wildman–Crippen LogP) is 2.14. The molecule has 5 heteroatoms. The topological polar surface area (TPSA) is 63.2 Å². The second-order valence-electron chi connectivity index (χ2n) is 7.74. The van der Waals surface area contributed by atoms with Crippen LogP contribution < -0.4 is 5.32 Å². The molecule has 1 heterocycles. The molecule has 1 N–H and O–H groups in total. The van der Waals surface area contributed by atoms with Gasteiger partial charge in [0, 0.05) is 12.0 Å². The zero-order valence-corrected chi connectivity index (χ0v) is 13.9. The summed E-state index contributed by atoms with van der Waals surface area (Å²) in [5, 5.41) is 3.24. The monoisotopic (exact) mass is 313 g/mol. The first-order valence-electron chi connectivity index (χ1n) is 8.32. The third-order valence-electron chi connectivity index (χ3n) is 6.27. The van der Waals surface area contributed by atoms with Crippen LogP contribution in [0.2, 0.25) is 0 Å². The highest BCUT2D eigenvalue weighted by Crippen LogP contribution is 2.59. The Kier molecular flexibility index (Phi) is 3.83. The molecule has 1 aliphatic heterocycles. The molecule has 3 rings (SSSR count). The van der Waals surface area contributed by atoms with E-state index in [9.17, 15) is 13.2 Å². The Balaban J connectivity index is 1.52. The number of sulfone groups is 1. The van der Waals surface area contributed by atoms with Crippen molar-refractivity contribution in [3.8, 4) is 0 Å². The first-order chi connectivity index (χ1) is 9.81. The molecule has 2 saturated carbocycles. The van der Waals surface area contributed by atoms with Gasteiger partial charge in [0.25, 0.3) is 0 Å². The van der Waals surface area contributed by atoms with E-state index in [1.165, 1.54) is 6.42 Å². The lowest BCUT2D eigenvalue weighted by Crippen LogP contribution is -2.41. The Morgan fingerprint density at radius 2 is 1.76 bits per heavy atom. The van der Waals surface area contributed by atoms with Crippen LogP contribution in [0, 0.1) is 23.2 Å². The van der Waals surface area contributed by atoms with Crippen LogP contribution in [-0.2, 0) is 14.6 Å². The van der Waals surface area contributed by atoms with Gasteiger partial charge in [0.2, 0.25) is 5.91 Å². The quantitative estimate of drug-likeness (QED) is 0.849. The maximum atomic E-state index is 12.4. The van der Waals surface area contributed by atoms with Gasteiger partial charge in [0.05, 0.1) is 11.5 Å². The number of amides is 1. The number of carbonyl (C=O) groups is 1. The fourth-order valence-electron chi connectivity index (χ4n) is 4.20. The van der Waals surface area contributed by atoms with Crippen LogP contribution in [0.4, 0.5) is 0 Å². The van der Waals surface area contributed by atoms with E-state index in [0.717, 1.165) is 25.2 Å². The molecule has 0 aromatic rings. The summed E-state index contributed by atoms with van der Waals surface area (Å²) in [7, 11) is -2.84. The molecule has 120 valence electrons. The molecular formula is C16H27NO3S. The molecule has 2 aliphatic carbocycles. The second kappa shape index (κ2) is 5.25. The largest absolute Gasteiger partial charge is 0.353 e. The molecular weight excluding hydrogens is 286 g/mol. The van der Waals surface area contributed by atoms with Gasteiger partial charge in [0.1, 0.15) is 9.84 Å². The minimum atomic E-state index is -2.84. The number of hydrogen-bond donors (Lipinski definition) is 1. The zero-order chi connectivity index (χ0) is 15.3. The smallest absolute Gasteiger partial charge is 0.223 e. The SMILES string of the molecule is C[C@@H]1CC[C@H](NC(=O)[C@H]2CC23CCS(=O)(=O)CC3)C[C@H]1C. The predicted molar refractivity (Wildman–Crippen MR) is 82.5 cm³/mol. The Morgan fingerprint density at radius 1 is 1.10 bits per heavy atom. The Labute approximate surface area is 128 Å². The van der Waals surface area contributed by atoms with Crippen LogP contribution in [0.25, 0.3) is 0 Å². The van der Waals surface area contributed by atoms with Gasteiger partial charge in [-0.15, -0.1) is 0 Å². The van der Waals surface area contributed by atoms with Crippen LogP contribution in [0.15, 0.2) is 0 Å². The molecule has 1 amide bonds. The van der Waals surface area contributed by atoms with Crippen molar-refractivity contribution in [2.24, 2.45) is 23.2 Å². The van der Waals surface area contributed by atoms with E-state index >= 15 is 0 Å². The summed E-state index contributed by atoms with van der Waals surface area (Å²) in [6.07, 6.45) is 5.64. The Morgan fingerprint density at radius 3 is 2.38 bits per heavy atom. The number of hydrogen-bond acceptors (Lipinski definition) is 3. The standard InChI is InChI=1S/C16H27NO3S/c1-11-3-4-13(9-12(11)2)17-15(18)14-10-16(14)5-7-21(19,20)8-6-16/h11-14H,3-10H2,1-2H3,(H,17,18)/t11-,12-,13+,14-/m1/s1. The van der Waals surface area contributed by atoms with E-state index in [0.29, 0.717) is 24.8 Å². The van der Waals surface area contributed by atoms with Crippen molar-refractivity contribution >= 4 is 15.7 Å². The summed E-state index contributed by atoms with van der Waals surface area (Å²) in [5.41, 5.74) is 0.0168. The minimum absolute atomic E-state index is 0.0168. The van der Waals surface area contributed by atoms with Crippen LogP contribution in [0.3, 0.4) is 0 Å². The van der Waals surface area contributed by atoms with Crippen LogP contribution in [0.1, 0.15) is 52.4 Å². The minimum Gasteiger partial charge on any atom is -0.353 e. The van der Waals surface area contributed by atoms with Crippen molar-refractivity contribution < 1.29 is 13.2 Å². The van der Waals surface area contributed by atoms with Gasteiger partial charge in [-0.3, -0.25) is 4.79 Å². The van der Waals surface area contributed by atoms with Gasteiger partial charge in [-0.05, 0) is 55.8 Å². The lowest BCUT2D eigenvalue weighted by molar-refractivity contribution is -0.124. The summed E-state index contributed by atoms with van der Waals surface area (Å²) < 4.78 is 23.1. The molecule has 0 aromatic heterocycles. The first kappa shape index (κ1) is 15.3. The molecule has 3 aliphatic rings. The molecule has 0 unspecified atom stereocenters. The fraction of sp³-hybridized carbons (Fsp3) is 0.938. The number of carbonyl (C=O) groups excluding carboxylic acids is 1. The maximum absolute atomic E-state index is 12.4. The highest BCUT2D eigenvalue weighted by molar-refractivity contribution is 7.91. The lowest BCUT2D eigenvalue weighted by Gasteiger charge is -2.33. The van der Waals surface area contributed by atoms with Gasteiger partial charge in [-0.25, -0.2) is 8.42 Å². The van der Waals surface area contributed by atoms with Crippen molar-refractivity contribution in [3.63, 3.8) is 0 Å². The Hall–Kier alpha value is -0.580. The second-order valence-corrected chi connectivity index (χ2v) is 10.0. The molecule has 0 aromatic carbocycles. The fourth-order valence-corrected chi connectivity index (χ4v) is 5.84. The molecule has 3 fully saturated rings. The van der Waals surface area contributed by atoms with E-state index in [2.05, 4.69) is 19.2 Å². The highest BCUT2D eigenvalue weighted by atomic mass is 32.2. The average Bonchev–Trinajstić information content (AvgIpc) is 3.13. The third-order valence-corrected chi connectivity index (χ3v) is 7.92. The van der Waals surface area contributed by atoms with Gasteiger partial charge < -0.3 is 5.32 Å². The van der Waals surface area contributed by atoms with Gasteiger partial charge in [-0.1, -0.05) is 13.8 Å². The third kappa shape index (κ3) is 3.13.